The highest BCUT2D eigenvalue weighted by Crippen LogP contribution is 2.61. The van der Waals surface area contributed by atoms with Gasteiger partial charge >= 0.3 is 0 Å². The van der Waals surface area contributed by atoms with Crippen LogP contribution in [0.1, 0.15) is 31.2 Å². The number of fused-ring (bicyclic) bond motifs is 1. The maximum atomic E-state index is 11.3. The number of Topliss-reactive ketones (excluding diaryl/α,β-unsaturated/α-hetero) is 1. The van der Waals surface area contributed by atoms with E-state index in [4.69, 9.17) is 6.57 Å². The van der Waals surface area contributed by atoms with Crippen molar-refractivity contribution >= 4 is 11.5 Å². The van der Waals surface area contributed by atoms with Gasteiger partial charge in [-0.05, 0) is 29.7 Å². The van der Waals surface area contributed by atoms with Gasteiger partial charge in [-0.15, -0.1) is 0 Å². The molecule has 2 unspecified atom stereocenters. The number of carbonyl (C=O) groups excluding carboxylic acids is 1. The van der Waals surface area contributed by atoms with E-state index >= 15 is 0 Å². The van der Waals surface area contributed by atoms with Gasteiger partial charge in [-0.2, -0.15) is 0 Å². The molecular formula is C14H13NO. The molecule has 0 bridgehead atoms. The SMILES string of the molecule is [C-]#[N+]c1ccc(C23CCC(=O)CC2C3)cc1. The summed E-state index contributed by atoms with van der Waals surface area (Å²) in [5.74, 6) is 1.00. The lowest BCUT2D eigenvalue weighted by Crippen LogP contribution is -2.19. The topological polar surface area (TPSA) is 21.4 Å². The zero-order valence-electron chi connectivity index (χ0n) is 9.07. The number of carbonyl (C=O) groups is 1. The number of ketones is 1. The van der Waals surface area contributed by atoms with Gasteiger partial charge in [0.2, 0.25) is 0 Å². The fraction of sp³-hybridized carbons (Fsp3) is 0.429. The minimum Gasteiger partial charge on any atom is -0.300 e. The minimum atomic E-state index is 0.286. The number of nitrogens with zero attached hydrogens (tertiary/aromatic N) is 1. The van der Waals surface area contributed by atoms with E-state index in [9.17, 15) is 4.79 Å². The third kappa shape index (κ3) is 1.28. The predicted molar refractivity (Wildman–Crippen MR) is 61.3 cm³/mol. The molecule has 0 radical (unpaired) electrons. The Morgan fingerprint density at radius 2 is 2.06 bits per heavy atom. The quantitative estimate of drug-likeness (QED) is 0.653. The molecule has 2 aliphatic rings. The molecule has 0 N–H and O–H groups in total. The lowest BCUT2D eigenvalue weighted by molar-refractivity contribution is -0.120. The summed E-state index contributed by atoms with van der Waals surface area (Å²) in [6.07, 6.45) is 3.68. The Balaban J connectivity index is 1.89. The van der Waals surface area contributed by atoms with Crippen LogP contribution in [-0.2, 0) is 10.2 Å². The van der Waals surface area contributed by atoms with E-state index < -0.39 is 0 Å². The summed E-state index contributed by atoms with van der Waals surface area (Å²) in [7, 11) is 0. The van der Waals surface area contributed by atoms with Crippen LogP contribution in [0.15, 0.2) is 24.3 Å². The second-order valence-corrected chi connectivity index (χ2v) is 4.96. The molecular weight excluding hydrogens is 198 g/mol. The Bertz CT molecular complexity index is 482. The zero-order valence-corrected chi connectivity index (χ0v) is 9.07. The summed E-state index contributed by atoms with van der Waals surface area (Å²) >= 11 is 0. The second-order valence-electron chi connectivity index (χ2n) is 4.96. The lowest BCUT2D eigenvalue weighted by atomic mass is 9.82. The molecule has 16 heavy (non-hydrogen) atoms. The minimum absolute atomic E-state index is 0.286. The third-order valence-electron chi connectivity index (χ3n) is 4.13. The van der Waals surface area contributed by atoms with Crippen LogP contribution in [0.2, 0.25) is 0 Å². The van der Waals surface area contributed by atoms with Crippen molar-refractivity contribution in [3.8, 4) is 0 Å². The number of hydrogen-bond donors (Lipinski definition) is 0. The Hall–Kier alpha value is -1.62. The molecule has 0 heterocycles. The van der Waals surface area contributed by atoms with Gasteiger partial charge in [-0.25, -0.2) is 4.85 Å². The van der Waals surface area contributed by atoms with Gasteiger partial charge in [-0.1, -0.05) is 24.3 Å². The molecule has 0 aliphatic heterocycles. The summed E-state index contributed by atoms with van der Waals surface area (Å²) in [6.45, 7) is 6.92. The molecule has 2 fully saturated rings. The molecule has 1 aromatic rings. The maximum Gasteiger partial charge on any atom is 0.187 e. The van der Waals surface area contributed by atoms with Crippen molar-refractivity contribution in [1.82, 2.24) is 0 Å². The monoisotopic (exact) mass is 211 g/mol. The summed E-state index contributed by atoms with van der Waals surface area (Å²) in [5, 5.41) is 0. The zero-order chi connectivity index (χ0) is 11.2. The fourth-order valence-corrected chi connectivity index (χ4v) is 3.06. The van der Waals surface area contributed by atoms with E-state index in [1.54, 1.807) is 0 Å². The van der Waals surface area contributed by atoms with Crippen LogP contribution >= 0.6 is 0 Å². The van der Waals surface area contributed by atoms with Crippen molar-refractivity contribution in [1.29, 1.82) is 0 Å². The number of benzene rings is 1. The van der Waals surface area contributed by atoms with Gasteiger partial charge in [0.05, 0.1) is 6.57 Å². The lowest BCUT2D eigenvalue weighted by Gasteiger charge is -2.21. The molecule has 2 nitrogen and oxygen atoms in total. The highest BCUT2D eigenvalue weighted by Gasteiger charge is 2.57. The Morgan fingerprint density at radius 1 is 1.31 bits per heavy atom. The average Bonchev–Trinajstić information content (AvgIpc) is 3.04. The van der Waals surface area contributed by atoms with E-state index in [0.29, 0.717) is 17.4 Å². The largest absolute Gasteiger partial charge is 0.300 e. The van der Waals surface area contributed by atoms with Crippen molar-refractivity contribution in [2.24, 2.45) is 5.92 Å². The van der Waals surface area contributed by atoms with Crippen LogP contribution in [0.4, 0.5) is 5.69 Å². The Kier molecular flexibility index (Phi) is 1.91. The van der Waals surface area contributed by atoms with E-state index in [-0.39, 0.29) is 5.41 Å². The van der Waals surface area contributed by atoms with Gasteiger partial charge in [0.25, 0.3) is 0 Å². The number of hydrogen-bond acceptors (Lipinski definition) is 1. The molecule has 2 atom stereocenters. The first-order chi connectivity index (χ1) is 7.74. The molecule has 0 amide bonds. The van der Waals surface area contributed by atoms with Crippen molar-refractivity contribution < 1.29 is 4.79 Å². The first-order valence-electron chi connectivity index (χ1n) is 5.74. The van der Waals surface area contributed by atoms with E-state index in [1.807, 2.05) is 12.1 Å². The number of rotatable bonds is 1. The second kappa shape index (κ2) is 3.18. The van der Waals surface area contributed by atoms with Crippen molar-refractivity contribution in [3.05, 3.63) is 41.2 Å². The standard InChI is InChI=1S/C14H13NO/c1-15-12-4-2-10(3-5-12)14-7-6-13(16)8-11(14)9-14/h2-5,11H,6-9H2. The van der Waals surface area contributed by atoms with Crippen LogP contribution in [0, 0.1) is 12.5 Å². The molecule has 1 aromatic carbocycles. The third-order valence-corrected chi connectivity index (χ3v) is 4.13. The summed E-state index contributed by atoms with van der Waals surface area (Å²) in [5.41, 5.74) is 2.32. The molecule has 0 aromatic heterocycles. The summed E-state index contributed by atoms with van der Waals surface area (Å²) in [6, 6.07) is 7.93. The molecule has 2 saturated carbocycles. The first kappa shape index (κ1) is 9.59. The van der Waals surface area contributed by atoms with Gasteiger partial charge < -0.3 is 0 Å². The van der Waals surface area contributed by atoms with Crippen LogP contribution < -0.4 is 0 Å². The molecule has 0 spiro atoms. The summed E-state index contributed by atoms with van der Waals surface area (Å²) in [4.78, 5) is 14.7. The van der Waals surface area contributed by atoms with Crippen LogP contribution in [-0.4, -0.2) is 5.78 Å². The molecule has 2 aliphatic carbocycles. The smallest absolute Gasteiger partial charge is 0.187 e. The molecule has 0 saturated heterocycles. The highest BCUT2D eigenvalue weighted by molar-refractivity contribution is 5.81. The van der Waals surface area contributed by atoms with Gasteiger partial charge in [0.1, 0.15) is 5.78 Å². The molecule has 2 heteroatoms. The van der Waals surface area contributed by atoms with Crippen LogP contribution in [0.25, 0.3) is 4.85 Å². The van der Waals surface area contributed by atoms with Crippen LogP contribution in [0.3, 0.4) is 0 Å². The molecule has 80 valence electrons. The van der Waals surface area contributed by atoms with Crippen molar-refractivity contribution in [2.45, 2.75) is 31.1 Å². The normalized spacial score (nSPS) is 31.7. The maximum absolute atomic E-state index is 11.3. The van der Waals surface area contributed by atoms with Crippen molar-refractivity contribution in [3.63, 3.8) is 0 Å². The average molecular weight is 211 g/mol. The van der Waals surface area contributed by atoms with E-state index in [2.05, 4.69) is 17.0 Å². The fourth-order valence-electron chi connectivity index (χ4n) is 3.06. The van der Waals surface area contributed by atoms with Gasteiger partial charge in [0.15, 0.2) is 5.69 Å². The van der Waals surface area contributed by atoms with Gasteiger partial charge in [-0.3, -0.25) is 4.79 Å². The highest BCUT2D eigenvalue weighted by atomic mass is 16.1. The Morgan fingerprint density at radius 3 is 2.69 bits per heavy atom. The molecule has 3 rings (SSSR count). The first-order valence-corrected chi connectivity index (χ1v) is 5.74. The Labute approximate surface area is 95.1 Å². The van der Waals surface area contributed by atoms with Gasteiger partial charge in [0, 0.05) is 12.8 Å². The van der Waals surface area contributed by atoms with Crippen molar-refractivity contribution in [2.75, 3.05) is 0 Å². The predicted octanol–water partition coefficient (Wildman–Crippen LogP) is 3.25. The van der Waals surface area contributed by atoms with Crippen LogP contribution in [0.5, 0.6) is 0 Å². The van der Waals surface area contributed by atoms with E-state index in [0.717, 1.165) is 25.7 Å². The summed E-state index contributed by atoms with van der Waals surface area (Å²) < 4.78 is 0. The van der Waals surface area contributed by atoms with E-state index in [1.165, 1.54) is 5.56 Å².